The topological polar surface area (TPSA) is 65.3 Å². The standard InChI is InChI=1S/C17H14N2O3S2/c1-2-22-13-8-9-14-16(10-13)24-17(18-14)23-11-15(19(20)21)12-6-4-3-5-7-12/h3-11H,2H2,1H3. The zero-order chi connectivity index (χ0) is 16.9. The Bertz CT molecular complexity index is 891. The summed E-state index contributed by atoms with van der Waals surface area (Å²) >= 11 is 2.75. The van der Waals surface area contributed by atoms with E-state index < -0.39 is 0 Å². The van der Waals surface area contributed by atoms with Gasteiger partial charge in [0.05, 0.1) is 32.7 Å². The smallest absolute Gasteiger partial charge is 0.283 e. The fourth-order valence-corrected chi connectivity index (χ4v) is 4.04. The van der Waals surface area contributed by atoms with Gasteiger partial charge >= 0.3 is 0 Å². The average Bonchev–Trinajstić information content (AvgIpc) is 2.98. The van der Waals surface area contributed by atoms with Crippen molar-refractivity contribution in [3.63, 3.8) is 0 Å². The second-order valence-electron chi connectivity index (χ2n) is 4.79. The van der Waals surface area contributed by atoms with Crippen LogP contribution in [0.3, 0.4) is 0 Å². The van der Waals surface area contributed by atoms with E-state index in [2.05, 4.69) is 4.98 Å². The van der Waals surface area contributed by atoms with Crippen molar-refractivity contribution in [2.75, 3.05) is 6.61 Å². The lowest BCUT2D eigenvalue weighted by Crippen LogP contribution is -1.96. The number of nitro groups is 1. The highest BCUT2D eigenvalue weighted by Gasteiger charge is 2.14. The molecule has 5 nitrogen and oxygen atoms in total. The molecule has 3 rings (SSSR count). The first-order chi connectivity index (χ1) is 11.7. The highest BCUT2D eigenvalue weighted by Crippen LogP contribution is 2.33. The summed E-state index contributed by atoms with van der Waals surface area (Å²) in [6.07, 6.45) is 0. The Kier molecular flexibility index (Phi) is 5.12. The van der Waals surface area contributed by atoms with Crippen molar-refractivity contribution in [1.29, 1.82) is 0 Å². The lowest BCUT2D eigenvalue weighted by Gasteiger charge is -2.00. The summed E-state index contributed by atoms with van der Waals surface area (Å²) < 4.78 is 7.24. The van der Waals surface area contributed by atoms with Crippen LogP contribution < -0.4 is 4.74 Å². The minimum Gasteiger partial charge on any atom is -0.494 e. The first-order valence-corrected chi connectivity index (χ1v) is 8.97. The van der Waals surface area contributed by atoms with Crippen LogP contribution in [0.4, 0.5) is 0 Å². The fraction of sp³-hybridized carbons (Fsp3) is 0.118. The monoisotopic (exact) mass is 358 g/mol. The first-order valence-electron chi connectivity index (χ1n) is 7.27. The number of thioether (sulfide) groups is 1. The third-order valence-electron chi connectivity index (χ3n) is 3.19. The number of benzene rings is 2. The molecular formula is C17H14N2O3S2. The quantitative estimate of drug-likeness (QED) is 0.350. The van der Waals surface area contributed by atoms with Crippen LogP contribution in [0.2, 0.25) is 0 Å². The summed E-state index contributed by atoms with van der Waals surface area (Å²) in [4.78, 5) is 15.4. The molecule has 0 N–H and O–H groups in total. The van der Waals surface area contributed by atoms with Gasteiger partial charge in [-0.15, -0.1) is 11.3 Å². The average molecular weight is 358 g/mol. The van der Waals surface area contributed by atoms with Gasteiger partial charge in [-0.1, -0.05) is 30.0 Å². The molecule has 0 aliphatic heterocycles. The van der Waals surface area contributed by atoms with Crippen molar-refractivity contribution >= 4 is 39.0 Å². The minimum atomic E-state index is -0.372. The molecule has 3 aromatic rings. The van der Waals surface area contributed by atoms with E-state index in [4.69, 9.17) is 4.74 Å². The SMILES string of the molecule is CCOc1ccc2nc(SC=C(c3ccccc3)[N+](=O)[O-])sc2c1. The largest absolute Gasteiger partial charge is 0.494 e. The summed E-state index contributed by atoms with van der Waals surface area (Å²) in [5.74, 6) is 0.802. The summed E-state index contributed by atoms with van der Waals surface area (Å²) in [5, 5.41) is 12.8. The molecule has 0 saturated heterocycles. The Labute approximate surface area is 147 Å². The molecule has 24 heavy (non-hydrogen) atoms. The van der Waals surface area contributed by atoms with Gasteiger partial charge in [-0.05, 0) is 37.3 Å². The summed E-state index contributed by atoms with van der Waals surface area (Å²) in [6, 6.07) is 14.6. The Balaban J connectivity index is 1.86. The molecule has 1 aromatic heterocycles. The van der Waals surface area contributed by atoms with E-state index in [9.17, 15) is 10.1 Å². The maximum atomic E-state index is 11.3. The maximum Gasteiger partial charge on any atom is 0.283 e. The molecule has 0 bridgehead atoms. The van der Waals surface area contributed by atoms with Gasteiger partial charge in [-0.2, -0.15) is 0 Å². The molecule has 0 saturated carbocycles. The molecule has 0 aliphatic rings. The maximum absolute atomic E-state index is 11.3. The second-order valence-corrected chi connectivity index (χ2v) is 6.93. The van der Waals surface area contributed by atoms with Crippen molar-refractivity contribution in [3.8, 4) is 5.75 Å². The predicted octanol–water partition coefficient (Wildman–Crippen LogP) is 5.06. The number of nitrogens with zero attached hydrogens (tertiary/aromatic N) is 2. The highest BCUT2D eigenvalue weighted by molar-refractivity contribution is 8.04. The van der Waals surface area contributed by atoms with E-state index in [0.29, 0.717) is 12.2 Å². The van der Waals surface area contributed by atoms with Gasteiger partial charge in [-0.25, -0.2) is 4.98 Å². The van der Waals surface area contributed by atoms with Crippen LogP contribution in [0.5, 0.6) is 5.75 Å². The van der Waals surface area contributed by atoms with Gasteiger partial charge in [-0.3, -0.25) is 10.1 Å². The molecule has 0 radical (unpaired) electrons. The Hall–Kier alpha value is -2.38. The van der Waals surface area contributed by atoms with Crippen LogP contribution >= 0.6 is 23.1 Å². The van der Waals surface area contributed by atoms with Crippen LogP contribution in [0.25, 0.3) is 15.9 Å². The molecule has 1 heterocycles. The van der Waals surface area contributed by atoms with Gasteiger partial charge in [0, 0.05) is 0 Å². The number of hydrogen-bond acceptors (Lipinski definition) is 6. The molecule has 0 spiro atoms. The van der Waals surface area contributed by atoms with E-state index in [0.717, 1.165) is 20.3 Å². The van der Waals surface area contributed by atoms with Gasteiger partial charge in [0.15, 0.2) is 4.34 Å². The molecule has 2 aromatic carbocycles. The summed E-state index contributed by atoms with van der Waals surface area (Å²) in [7, 11) is 0. The zero-order valence-electron chi connectivity index (χ0n) is 12.8. The van der Waals surface area contributed by atoms with Crippen molar-refractivity contribution in [3.05, 3.63) is 69.6 Å². The number of hydrogen-bond donors (Lipinski definition) is 0. The Morgan fingerprint density at radius 1 is 1.33 bits per heavy atom. The third kappa shape index (κ3) is 3.74. The van der Waals surface area contributed by atoms with Crippen LogP contribution in [0.1, 0.15) is 12.5 Å². The van der Waals surface area contributed by atoms with E-state index in [1.807, 2.05) is 31.2 Å². The van der Waals surface area contributed by atoms with Gasteiger partial charge in [0.25, 0.3) is 5.70 Å². The molecule has 0 unspecified atom stereocenters. The van der Waals surface area contributed by atoms with E-state index in [1.54, 1.807) is 24.3 Å². The highest BCUT2D eigenvalue weighted by atomic mass is 32.2. The number of rotatable bonds is 6. The number of thiazole rings is 1. The molecule has 0 aliphatic carbocycles. The molecule has 0 amide bonds. The van der Waals surface area contributed by atoms with Crippen molar-refractivity contribution < 1.29 is 9.66 Å². The zero-order valence-corrected chi connectivity index (χ0v) is 14.5. The lowest BCUT2D eigenvalue weighted by molar-refractivity contribution is -0.375. The minimum absolute atomic E-state index is 0.0647. The first kappa shape index (κ1) is 16.5. The normalized spacial score (nSPS) is 11.6. The van der Waals surface area contributed by atoms with Crippen molar-refractivity contribution in [2.45, 2.75) is 11.3 Å². The molecule has 122 valence electrons. The number of ether oxygens (including phenoxy) is 1. The number of aromatic nitrogens is 1. The molecule has 0 atom stereocenters. The van der Waals surface area contributed by atoms with Crippen molar-refractivity contribution in [1.82, 2.24) is 4.98 Å². The van der Waals surface area contributed by atoms with Gasteiger partial charge < -0.3 is 4.74 Å². The summed E-state index contributed by atoms with van der Waals surface area (Å²) in [5.41, 5.74) is 1.51. The molecule has 0 fully saturated rings. The van der Waals surface area contributed by atoms with Crippen molar-refractivity contribution in [2.24, 2.45) is 0 Å². The van der Waals surface area contributed by atoms with Gasteiger partial charge in [0.2, 0.25) is 0 Å². The number of fused-ring (bicyclic) bond motifs is 1. The van der Waals surface area contributed by atoms with Gasteiger partial charge in [0.1, 0.15) is 5.75 Å². The van der Waals surface area contributed by atoms with Crippen LogP contribution in [0, 0.1) is 10.1 Å². The molecule has 7 heteroatoms. The van der Waals surface area contributed by atoms with E-state index in [-0.39, 0.29) is 10.6 Å². The fourth-order valence-electron chi connectivity index (χ4n) is 2.12. The van der Waals surface area contributed by atoms with Crippen LogP contribution in [0.15, 0.2) is 58.3 Å². The van der Waals surface area contributed by atoms with E-state index in [1.165, 1.54) is 28.5 Å². The molecular weight excluding hydrogens is 344 g/mol. The van der Waals surface area contributed by atoms with Crippen LogP contribution in [-0.4, -0.2) is 16.5 Å². The second kappa shape index (κ2) is 7.46. The third-order valence-corrected chi connectivity index (χ3v) is 5.17. The Morgan fingerprint density at radius 2 is 2.12 bits per heavy atom. The van der Waals surface area contributed by atoms with Crippen LogP contribution in [-0.2, 0) is 0 Å². The Morgan fingerprint density at radius 3 is 2.83 bits per heavy atom. The lowest BCUT2D eigenvalue weighted by atomic mass is 10.2. The van der Waals surface area contributed by atoms with E-state index >= 15 is 0 Å². The summed E-state index contributed by atoms with van der Waals surface area (Å²) in [6.45, 7) is 2.55. The predicted molar refractivity (Wildman–Crippen MR) is 98.1 cm³/mol.